The SMILES string of the molecule is CN1CCC2c3ccc(O)cc3OC[C@]21C. The largest absolute Gasteiger partial charge is 0.508 e. The summed E-state index contributed by atoms with van der Waals surface area (Å²) in [6, 6.07) is 5.49. The Hall–Kier alpha value is -1.22. The summed E-state index contributed by atoms with van der Waals surface area (Å²) in [6.07, 6.45) is 1.17. The van der Waals surface area contributed by atoms with Crippen LogP contribution < -0.4 is 4.74 Å². The summed E-state index contributed by atoms with van der Waals surface area (Å²) in [5, 5.41) is 9.45. The van der Waals surface area contributed by atoms with E-state index in [1.807, 2.05) is 6.07 Å². The van der Waals surface area contributed by atoms with Crippen LogP contribution in [0.5, 0.6) is 11.5 Å². The van der Waals surface area contributed by atoms with Gasteiger partial charge in [-0.1, -0.05) is 6.07 Å². The summed E-state index contributed by atoms with van der Waals surface area (Å²) in [5.74, 6) is 1.67. The first-order valence-corrected chi connectivity index (χ1v) is 5.78. The lowest BCUT2D eigenvalue weighted by atomic mass is 9.80. The maximum absolute atomic E-state index is 9.45. The molecule has 2 heterocycles. The molecule has 2 aliphatic rings. The first-order valence-electron chi connectivity index (χ1n) is 5.78. The number of hydrogen-bond donors (Lipinski definition) is 1. The second-order valence-electron chi connectivity index (χ2n) is 5.13. The van der Waals surface area contributed by atoms with Crippen molar-refractivity contribution in [3.8, 4) is 11.5 Å². The molecule has 3 nitrogen and oxygen atoms in total. The van der Waals surface area contributed by atoms with Crippen molar-refractivity contribution < 1.29 is 9.84 Å². The first-order chi connectivity index (χ1) is 7.61. The minimum atomic E-state index is 0.115. The van der Waals surface area contributed by atoms with Crippen molar-refractivity contribution >= 4 is 0 Å². The normalized spacial score (nSPS) is 33.0. The smallest absolute Gasteiger partial charge is 0.126 e. The number of fused-ring (bicyclic) bond motifs is 3. The molecule has 1 N–H and O–H groups in total. The zero-order valence-electron chi connectivity index (χ0n) is 9.73. The zero-order valence-corrected chi connectivity index (χ0v) is 9.73. The van der Waals surface area contributed by atoms with E-state index in [2.05, 4.69) is 18.9 Å². The number of phenols is 1. The molecule has 1 fully saturated rings. The Balaban J connectivity index is 2.08. The van der Waals surface area contributed by atoms with Crippen LogP contribution in [0.25, 0.3) is 0 Å². The van der Waals surface area contributed by atoms with Crippen LogP contribution in [0, 0.1) is 0 Å². The monoisotopic (exact) mass is 219 g/mol. The number of likely N-dealkylation sites (N-methyl/N-ethyl adjacent to an activating group) is 1. The van der Waals surface area contributed by atoms with Crippen molar-refractivity contribution in [1.82, 2.24) is 4.90 Å². The van der Waals surface area contributed by atoms with Crippen molar-refractivity contribution in [3.05, 3.63) is 23.8 Å². The van der Waals surface area contributed by atoms with Gasteiger partial charge in [-0.15, -0.1) is 0 Å². The van der Waals surface area contributed by atoms with Gasteiger partial charge < -0.3 is 9.84 Å². The van der Waals surface area contributed by atoms with E-state index in [4.69, 9.17) is 4.74 Å². The van der Waals surface area contributed by atoms with Gasteiger partial charge in [-0.3, -0.25) is 4.90 Å². The molecule has 3 heteroatoms. The van der Waals surface area contributed by atoms with Gasteiger partial charge in [-0.2, -0.15) is 0 Å². The number of ether oxygens (including phenoxy) is 1. The number of aromatic hydroxyl groups is 1. The lowest BCUT2D eigenvalue weighted by Gasteiger charge is -2.41. The number of benzene rings is 1. The van der Waals surface area contributed by atoms with Gasteiger partial charge in [0.2, 0.25) is 0 Å². The van der Waals surface area contributed by atoms with Gasteiger partial charge in [0.25, 0.3) is 0 Å². The number of rotatable bonds is 0. The number of likely N-dealkylation sites (tertiary alicyclic amines) is 1. The van der Waals surface area contributed by atoms with Gasteiger partial charge >= 0.3 is 0 Å². The van der Waals surface area contributed by atoms with Crippen LogP contribution >= 0.6 is 0 Å². The Labute approximate surface area is 95.6 Å². The van der Waals surface area contributed by atoms with E-state index in [0.717, 1.165) is 12.3 Å². The minimum absolute atomic E-state index is 0.115. The molecule has 0 saturated carbocycles. The van der Waals surface area contributed by atoms with E-state index in [-0.39, 0.29) is 11.3 Å². The van der Waals surface area contributed by atoms with Crippen LogP contribution in [-0.4, -0.2) is 35.7 Å². The fourth-order valence-electron chi connectivity index (χ4n) is 3.02. The third-order valence-corrected chi connectivity index (χ3v) is 4.27. The highest BCUT2D eigenvalue weighted by Gasteiger charge is 2.47. The fraction of sp³-hybridized carbons (Fsp3) is 0.538. The van der Waals surface area contributed by atoms with Gasteiger partial charge in [0.05, 0.1) is 5.54 Å². The van der Waals surface area contributed by atoms with Crippen LogP contribution in [0.2, 0.25) is 0 Å². The van der Waals surface area contributed by atoms with Crippen molar-refractivity contribution in [2.75, 3.05) is 20.2 Å². The van der Waals surface area contributed by atoms with Crippen LogP contribution in [0.15, 0.2) is 18.2 Å². The maximum Gasteiger partial charge on any atom is 0.126 e. The van der Waals surface area contributed by atoms with Crippen LogP contribution in [0.1, 0.15) is 24.8 Å². The number of hydrogen-bond acceptors (Lipinski definition) is 3. The molecule has 1 aromatic rings. The van der Waals surface area contributed by atoms with Gasteiger partial charge in [-0.05, 0) is 38.6 Å². The number of phenolic OH excluding ortho intramolecular Hbond substituents is 1. The standard InChI is InChI=1S/C13H17NO2/c1-13-8-16-12-7-9(15)3-4-10(12)11(13)5-6-14(13)2/h3-4,7,11,15H,5-6,8H2,1-2H3/t11?,13-/m1/s1. The lowest BCUT2D eigenvalue weighted by Crippen LogP contribution is -2.49. The quantitative estimate of drug-likeness (QED) is 0.724. The van der Waals surface area contributed by atoms with Crippen molar-refractivity contribution in [1.29, 1.82) is 0 Å². The molecular weight excluding hydrogens is 202 g/mol. The predicted molar refractivity (Wildman–Crippen MR) is 62.0 cm³/mol. The molecular formula is C13H17NO2. The molecule has 1 aromatic carbocycles. The van der Waals surface area contributed by atoms with E-state index in [1.165, 1.54) is 12.0 Å². The Kier molecular flexibility index (Phi) is 1.96. The molecule has 86 valence electrons. The highest BCUT2D eigenvalue weighted by atomic mass is 16.5. The van der Waals surface area contributed by atoms with E-state index >= 15 is 0 Å². The van der Waals surface area contributed by atoms with Crippen LogP contribution in [0.3, 0.4) is 0 Å². The van der Waals surface area contributed by atoms with Gasteiger partial charge in [-0.25, -0.2) is 0 Å². The zero-order chi connectivity index (χ0) is 11.3. The third-order valence-electron chi connectivity index (χ3n) is 4.27. The molecule has 0 spiro atoms. The highest BCUT2D eigenvalue weighted by molar-refractivity contribution is 5.46. The summed E-state index contributed by atoms with van der Waals surface area (Å²) in [7, 11) is 2.16. The van der Waals surface area contributed by atoms with Gasteiger partial charge in [0.1, 0.15) is 18.1 Å². The molecule has 0 aliphatic carbocycles. The predicted octanol–water partition coefficient (Wildman–Crippen LogP) is 1.96. The van der Waals surface area contributed by atoms with Gasteiger partial charge in [0.15, 0.2) is 0 Å². The maximum atomic E-state index is 9.45. The average Bonchev–Trinajstić information content (AvgIpc) is 2.56. The Morgan fingerprint density at radius 1 is 1.50 bits per heavy atom. The Morgan fingerprint density at radius 3 is 3.12 bits per heavy atom. The molecule has 16 heavy (non-hydrogen) atoms. The summed E-state index contributed by atoms with van der Waals surface area (Å²) >= 11 is 0. The summed E-state index contributed by atoms with van der Waals surface area (Å²) in [6.45, 7) is 4.09. The molecule has 0 aromatic heterocycles. The first kappa shape index (κ1) is 9.97. The molecule has 1 saturated heterocycles. The van der Waals surface area contributed by atoms with Gasteiger partial charge in [0, 0.05) is 12.0 Å². The lowest BCUT2D eigenvalue weighted by molar-refractivity contribution is 0.0834. The topological polar surface area (TPSA) is 32.7 Å². The van der Waals surface area contributed by atoms with E-state index in [9.17, 15) is 5.11 Å². The molecule has 2 atom stereocenters. The second kappa shape index (κ2) is 3.14. The second-order valence-corrected chi connectivity index (χ2v) is 5.13. The van der Waals surface area contributed by atoms with E-state index < -0.39 is 0 Å². The summed E-state index contributed by atoms with van der Waals surface area (Å²) in [5.41, 5.74) is 1.36. The summed E-state index contributed by atoms with van der Waals surface area (Å²) < 4.78 is 5.79. The van der Waals surface area contributed by atoms with Crippen LogP contribution in [-0.2, 0) is 0 Å². The average molecular weight is 219 g/mol. The van der Waals surface area contributed by atoms with Crippen molar-refractivity contribution in [2.45, 2.75) is 24.8 Å². The molecule has 2 aliphatic heterocycles. The Morgan fingerprint density at radius 2 is 2.31 bits per heavy atom. The number of nitrogens with zero attached hydrogens (tertiary/aromatic N) is 1. The van der Waals surface area contributed by atoms with Crippen molar-refractivity contribution in [3.63, 3.8) is 0 Å². The Bertz CT molecular complexity index is 432. The molecule has 3 rings (SSSR count). The minimum Gasteiger partial charge on any atom is -0.508 e. The fourth-order valence-corrected chi connectivity index (χ4v) is 3.02. The van der Waals surface area contributed by atoms with Crippen LogP contribution in [0.4, 0.5) is 0 Å². The molecule has 1 unspecified atom stereocenters. The van der Waals surface area contributed by atoms with Crippen molar-refractivity contribution in [2.24, 2.45) is 0 Å². The van der Waals surface area contributed by atoms with E-state index in [1.54, 1.807) is 12.1 Å². The molecule has 0 radical (unpaired) electrons. The van der Waals surface area contributed by atoms with E-state index in [0.29, 0.717) is 12.5 Å². The molecule has 0 amide bonds. The summed E-state index contributed by atoms with van der Waals surface area (Å²) in [4.78, 5) is 2.38. The highest BCUT2D eigenvalue weighted by Crippen LogP contribution is 2.48. The molecule has 0 bridgehead atoms. The third kappa shape index (κ3) is 1.18.